The van der Waals surface area contributed by atoms with Crippen LogP contribution < -0.4 is 10.3 Å². The van der Waals surface area contributed by atoms with Crippen LogP contribution >= 0.6 is 0 Å². The minimum Gasteiger partial charge on any atom is -0.497 e. The summed E-state index contributed by atoms with van der Waals surface area (Å²) in [5.41, 5.74) is 2.15. The number of ether oxygens (including phenoxy) is 1. The van der Waals surface area contributed by atoms with E-state index in [1.807, 2.05) is 36.1 Å². The first kappa shape index (κ1) is 17.2. The molecule has 0 bridgehead atoms. The second-order valence-electron chi connectivity index (χ2n) is 6.43. The Morgan fingerprint density at radius 2 is 2.04 bits per heavy atom. The summed E-state index contributed by atoms with van der Waals surface area (Å²) in [5.74, 6) is 1.41. The molecule has 6 nitrogen and oxygen atoms in total. The highest BCUT2D eigenvalue weighted by atomic mass is 16.5. The number of carbonyl (C=O) groups is 1. The Morgan fingerprint density at radius 1 is 1.32 bits per heavy atom. The monoisotopic (exact) mass is 341 g/mol. The van der Waals surface area contributed by atoms with Crippen LogP contribution in [0, 0.1) is 13.8 Å². The Labute approximate surface area is 146 Å². The van der Waals surface area contributed by atoms with E-state index in [0.717, 1.165) is 24.2 Å². The number of nitrogens with one attached hydrogen (secondary N) is 1. The van der Waals surface area contributed by atoms with Crippen LogP contribution in [0.2, 0.25) is 0 Å². The van der Waals surface area contributed by atoms with Gasteiger partial charge in [-0.05, 0) is 44.4 Å². The lowest BCUT2D eigenvalue weighted by molar-refractivity contribution is -0.131. The number of carbonyl (C=O) groups excluding carboxylic acids is 1. The quantitative estimate of drug-likeness (QED) is 0.926. The van der Waals surface area contributed by atoms with Crippen molar-refractivity contribution in [2.45, 2.75) is 39.2 Å². The van der Waals surface area contributed by atoms with Gasteiger partial charge in [0.15, 0.2) is 0 Å². The fraction of sp³-hybridized carbons (Fsp3) is 0.421. The smallest absolute Gasteiger partial charge is 0.254 e. The van der Waals surface area contributed by atoms with E-state index in [0.29, 0.717) is 30.0 Å². The summed E-state index contributed by atoms with van der Waals surface area (Å²) in [6.45, 7) is 4.27. The van der Waals surface area contributed by atoms with Gasteiger partial charge in [-0.1, -0.05) is 12.1 Å². The van der Waals surface area contributed by atoms with Crippen molar-refractivity contribution in [1.29, 1.82) is 0 Å². The number of aryl methyl sites for hydroxylation is 1. The molecule has 6 heteroatoms. The molecule has 3 rings (SSSR count). The van der Waals surface area contributed by atoms with Crippen molar-refractivity contribution in [3.05, 3.63) is 57.3 Å². The Hall–Kier alpha value is -2.63. The number of methoxy groups -OCH3 is 1. The molecule has 0 unspecified atom stereocenters. The molecule has 0 saturated carbocycles. The van der Waals surface area contributed by atoms with Gasteiger partial charge in [0.2, 0.25) is 5.91 Å². The van der Waals surface area contributed by atoms with Gasteiger partial charge in [0.25, 0.3) is 5.56 Å². The number of nitrogens with zero attached hydrogens (tertiary/aromatic N) is 2. The van der Waals surface area contributed by atoms with Crippen molar-refractivity contribution in [3.63, 3.8) is 0 Å². The average molecular weight is 341 g/mol. The zero-order chi connectivity index (χ0) is 18.0. The highest BCUT2D eigenvalue weighted by Crippen LogP contribution is 2.30. The van der Waals surface area contributed by atoms with Gasteiger partial charge in [-0.3, -0.25) is 9.59 Å². The minimum absolute atomic E-state index is 0.0496. The van der Waals surface area contributed by atoms with Crippen molar-refractivity contribution in [1.82, 2.24) is 14.9 Å². The molecule has 0 aliphatic carbocycles. The molecule has 1 aromatic carbocycles. The van der Waals surface area contributed by atoms with Crippen LogP contribution in [0.3, 0.4) is 0 Å². The van der Waals surface area contributed by atoms with Crippen molar-refractivity contribution in [2.75, 3.05) is 13.7 Å². The summed E-state index contributed by atoms with van der Waals surface area (Å²) in [6, 6.07) is 7.35. The average Bonchev–Trinajstić information content (AvgIpc) is 3.10. The number of hydrogen-bond acceptors (Lipinski definition) is 4. The van der Waals surface area contributed by atoms with E-state index in [1.54, 1.807) is 14.0 Å². The van der Waals surface area contributed by atoms with E-state index in [9.17, 15) is 9.59 Å². The van der Waals surface area contributed by atoms with Crippen LogP contribution in [-0.4, -0.2) is 34.4 Å². The number of amides is 1. The summed E-state index contributed by atoms with van der Waals surface area (Å²) in [6.07, 6.45) is 2.06. The van der Waals surface area contributed by atoms with E-state index in [4.69, 9.17) is 4.74 Å². The standard InChI is InChI=1S/C19H23N3O3/c1-12-13(2)20-18(21-19(12)24)16-5-4-10-22(16)17(23)11-14-6-8-15(25-3)9-7-14/h6-9,16H,4-5,10-11H2,1-3H3,(H,20,21,24)/t16-/m0/s1. The van der Waals surface area contributed by atoms with E-state index in [2.05, 4.69) is 9.97 Å². The number of hydrogen-bond donors (Lipinski definition) is 1. The molecule has 1 aromatic heterocycles. The fourth-order valence-electron chi connectivity index (χ4n) is 3.19. The summed E-state index contributed by atoms with van der Waals surface area (Å²) in [4.78, 5) is 34.0. The van der Waals surface area contributed by atoms with E-state index >= 15 is 0 Å². The SMILES string of the molecule is COc1ccc(CC(=O)N2CCC[C@H]2c2nc(C)c(C)c(=O)[nH]2)cc1. The minimum atomic E-state index is -0.155. The van der Waals surface area contributed by atoms with Gasteiger partial charge in [0, 0.05) is 17.8 Å². The molecular formula is C19H23N3O3. The summed E-state index contributed by atoms with van der Waals surface area (Å²) >= 11 is 0. The normalized spacial score (nSPS) is 16.9. The van der Waals surface area contributed by atoms with Gasteiger partial charge in [-0.15, -0.1) is 0 Å². The van der Waals surface area contributed by atoms with Gasteiger partial charge in [-0.25, -0.2) is 4.98 Å². The Balaban J connectivity index is 1.78. The molecule has 2 aromatic rings. The lowest BCUT2D eigenvalue weighted by Gasteiger charge is -2.24. The maximum Gasteiger partial charge on any atom is 0.254 e. The third-order valence-electron chi connectivity index (χ3n) is 4.82. The largest absolute Gasteiger partial charge is 0.497 e. The van der Waals surface area contributed by atoms with Crippen molar-refractivity contribution in [2.24, 2.45) is 0 Å². The molecular weight excluding hydrogens is 318 g/mol. The van der Waals surface area contributed by atoms with Crippen molar-refractivity contribution in [3.8, 4) is 5.75 Å². The van der Waals surface area contributed by atoms with E-state index in [1.165, 1.54) is 0 Å². The Kier molecular flexibility index (Phi) is 4.88. The molecule has 1 amide bonds. The van der Waals surface area contributed by atoms with Crippen LogP contribution in [0.15, 0.2) is 29.1 Å². The lowest BCUT2D eigenvalue weighted by Crippen LogP contribution is -2.34. The first-order valence-corrected chi connectivity index (χ1v) is 8.49. The number of aromatic nitrogens is 2. The zero-order valence-corrected chi connectivity index (χ0v) is 14.8. The topological polar surface area (TPSA) is 75.3 Å². The van der Waals surface area contributed by atoms with Crippen LogP contribution in [0.4, 0.5) is 0 Å². The summed E-state index contributed by atoms with van der Waals surface area (Å²) in [7, 11) is 1.62. The Bertz CT molecular complexity index is 827. The molecule has 1 fully saturated rings. The van der Waals surface area contributed by atoms with Crippen LogP contribution in [0.5, 0.6) is 5.75 Å². The highest BCUT2D eigenvalue weighted by molar-refractivity contribution is 5.79. The molecule has 1 N–H and O–H groups in total. The highest BCUT2D eigenvalue weighted by Gasteiger charge is 2.31. The second-order valence-corrected chi connectivity index (χ2v) is 6.43. The maximum atomic E-state index is 12.8. The van der Waals surface area contributed by atoms with Gasteiger partial charge >= 0.3 is 0 Å². The molecule has 1 aliphatic rings. The fourth-order valence-corrected chi connectivity index (χ4v) is 3.19. The molecule has 25 heavy (non-hydrogen) atoms. The Morgan fingerprint density at radius 3 is 2.68 bits per heavy atom. The molecule has 0 radical (unpaired) electrons. The lowest BCUT2D eigenvalue weighted by atomic mass is 10.1. The third-order valence-corrected chi connectivity index (χ3v) is 4.82. The van der Waals surface area contributed by atoms with Crippen molar-refractivity contribution < 1.29 is 9.53 Å². The number of aromatic amines is 1. The molecule has 0 spiro atoms. The van der Waals surface area contributed by atoms with Crippen molar-refractivity contribution >= 4 is 5.91 Å². The van der Waals surface area contributed by atoms with Crippen LogP contribution in [0.1, 0.15) is 41.5 Å². The molecule has 1 saturated heterocycles. The number of likely N-dealkylation sites (tertiary alicyclic amines) is 1. The predicted molar refractivity (Wildman–Crippen MR) is 94.7 cm³/mol. The first-order chi connectivity index (χ1) is 12.0. The molecule has 1 aliphatic heterocycles. The second kappa shape index (κ2) is 7.09. The molecule has 1 atom stereocenters. The number of H-pyrrole nitrogens is 1. The third kappa shape index (κ3) is 3.57. The molecule has 2 heterocycles. The van der Waals surface area contributed by atoms with Gasteiger partial charge in [0.1, 0.15) is 11.6 Å². The van der Waals surface area contributed by atoms with Crippen LogP contribution in [-0.2, 0) is 11.2 Å². The summed E-state index contributed by atoms with van der Waals surface area (Å²) in [5, 5.41) is 0. The van der Waals surface area contributed by atoms with E-state index in [-0.39, 0.29) is 17.5 Å². The van der Waals surface area contributed by atoms with Gasteiger partial charge in [0.05, 0.1) is 19.6 Å². The first-order valence-electron chi connectivity index (χ1n) is 8.49. The maximum absolute atomic E-state index is 12.8. The molecule has 132 valence electrons. The van der Waals surface area contributed by atoms with Gasteiger partial charge < -0.3 is 14.6 Å². The van der Waals surface area contributed by atoms with Crippen LogP contribution in [0.25, 0.3) is 0 Å². The number of benzene rings is 1. The summed E-state index contributed by atoms with van der Waals surface area (Å²) < 4.78 is 5.14. The zero-order valence-electron chi connectivity index (χ0n) is 14.8. The number of rotatable bonds is 4. The van der Waals surface area contributed by atoms with E-state index < -0.39 is 0 Å². The predicted octanol–water partition coefficient (Wildman–Crippen LogP) is 2.30. The van der Waals surface area contributed by atoms with Gasteiger partial charge in [-0.2, -0.15) is 0 Å².